The van der Waals surface area contributed by atoms with Crippen LogP contribution >= 0.6 is 0 Å². The zero-order valence-electron chi connectivity index (χ0n) is 12.6. The van der Waals surface area contributed by atoms with Crippen LogP contribution in [0.4, 0.5) is 13.2 Å². The molecule has 4 N–H and O–H groups in total. The van der Waals surface area contributed by atoms with Gasteiger partial charge in [-0.25, -0.2) is 0 Å². The summed E-state index contributed by atoms with van der Waals surface area (Å²) < 4.78 is 40.9. The average Bonchev–Trinajstić information content (AvgIpc) is 2.54. The molecular formula is C16H15F3N2O3. The van der Waals surface area contributed by atoms with Crippen molar-refractivity contribution < 1.29 is 27.5 Å². The number of nitrogens with two attached hydrogens (primary N) is 2. The molecule has 0 aliphatic carbocycles. The fourth-order valence-electron chi connectivity index (χ4n) is 1.58. The van der Waals surface area contributed by atoms with Crippen LogP contribution in [-0.2, 0) is 6.18 Å². The van der Waals surface area contributed by atoms with Gasteiger partial charge in [-0.15, -0.1) is 0 Å². The lowest BCUT2D eigenvalue weighted by atomic mass is 10.1. The first kappa shape index (κ1) is 19.0. The molecule has 0 saturated carbocycles. The van der Waals surface area contributed by atoms with Crippen molar-refractivity contribution in [1.82, 2.24) is 0 Å². The van der Waals surface area contributed by atoms with E-state index in [4.69, 9.17) is 16.2 Å². The van der Waals surface area contributed by atoms with Crippen LogP contribution in [0.1, 0.15) is 26.3 Å². The number of rotatable bonds is 3. The molecule has 8 heteroatoms. The lowest BCUT2D eigenvalue weighted by Crippen LogP contribution is -2.11. The molecule has 0 aromatic heterocycles. The third-order valence-electron chi connectivity index (χ3n) is 2.87. The maximum absolute atomic E-state index is 12.0. The monoisotopic (exact) mass is 340 g/mol. The summed E-state index contributed by atoms with van der Waals surface area (Å²) >= 11 is 0. The van der Waals surface area contributed by atoms with Crippen LogP contribution in [0.3, 0.4) is 0 Å². The van der Waals surface area contributed by atoms with Gasteiger partial charge in [0, 0.05) is 11.1 Å². The minimum absolute atomic E-state index is 0.0630. The zero-order valence-corrected chi connectivity index (χ0v) is 12.6. The molecule has 0 saturated heterocycles. The van der Waals surface area contributed by atoms with Crippen LogP contribution in [0.15, 0.2) is 48.5 Å². The third kappa shape index (κ3) is 5.64. The number of hydrogen-bond acceptors (Lipinski definition) is 3. The van der Waals surface area contributed by atoms with Crippen molar-refractivity contribution in [3.63, 3.8) is 0 Å². The van der Waals surface area contributed by atoms with Crippen molar-refractivity contribution in [2.24, 2.45) is 11.5 Å². The lowest BCUT2D eigenvalue weighted by molar-refractivity contribution is -0.137. The first-order valence-electron chi connectivity index (χ1n) is 6.56. The number of benzene rings is 2. The second-order valence-electron chi connectivity index (χ2n) is 4.53. The van der Waals surface area contributed by atoms with Gasteiger partial charge < -0.3 is 16.2 Å². The van der Waals surface area contributed by atoms with Crippen molar-refractivity contribution >= 4 is 11.8 Å². The fraction of sp³-hybridized carbons (Fsp3) is 0.125. The average molecular weight is 340 g/mol. The molecule has 2 aromatic rings. The Kier molecular flexibility index (Phi) is 6.34. The summed E-state index contributed by atoms with van der Waals surface area (Å²) in [6, 6.07) is 10.4. The van der Waals surface area contributed by atoms with Crippen LogP contribution in [-0.4, -0.2) is 18.9 Å². The quantitative estimate of drug-likeness (QED) is 0.899. The summed E-state index contributed by atoms with van der Waals surface area (Å²) in [6.45, 7) is 0. The Morgan fingerprint density at radius 1 is 0.833 bits per heavy atom. The molecule has 2 aromatic carbocycles. The number of halogens is 3. The van der Waals surface area contributed by atoms with E-state index in [2.05, 4.69) is 0 Å². The molecule has 24 heavy (non-hydrogen) atoms. The van der Waals surface area contributed by atoms with Crippen LogP contribution in [0, 0.1) is 0 Å². The molecule has 2 amide bonds. The minimum Gasteiger partial charge on any atom is -0.497 e. The molecule has 5 nitrogen and oxygen atoms in total. The summed E-state index contributed by atoms with van der Waals surface area (Å²) in [5.74, 6) is -0.448. The summed E-state index contributed by atoms with van der Waals surface area (Å²) in [4.78, 5) is 21.1. The highest BCUT2D eigenvalue weighted by atomic mass is 19.4. The number of carbonyl (C=O) groups excluding carboxylic acids is 2. The second-order valence-corrected chi connectivity index (χ2v) is 4.53. The first-order valence-corrected chi connectivity index (χ1v) is 6.56. The minimum atomic E-state index is -4.38. The van der Waals surface area contributed by atoms with Gasteiger partial charge in [0.1, 0.15) is 5.75 Å². The predicted molar refractivity (Wildman–Crippen MR) is 81.5 cm³/mol. The molecule has 0 atom stereocenters. The van der Waals surface area contributed by atoms with Crippen LogP contribution in [0.2, 0.25) is 0 Å². The molecule has 0 aliphatic heterocycles. The number of primary amides is 2. The standard InChI is InChI=1S/C8H6F3NO.C8H9NO2/c9-8(10,11)6-3-1-5(2-4-6)7(12)13;1-11-7-4-2-6(3-5-7)8(9)10/h1-4H,(H2,12,13);2-5H,1H3,(H2,9,10). The van der Waals surface area contributed by atoms with Crippen LogP contribution in [0.5, 0.6) is 5.75 Å². The van der Waals surface area contributed by atoms with E-state index in [1.165, 1.54) is 0 Å². The van der Waals surface area contributed by atoms with E-state index >= 15 is 0 Å². The lowest BCUT2D eigenvalue weighted by Gasteiger charge is -2.05. The van der Waals surface area contributed by atoms with Crippen molar-refractivity contribution in [2.75, 3.05) is 7.11 Å². The topological polar surface area (TPSA) is 95.4 Å². The third-order valence-corrected chi connectivity index (χ3v) is 2.87. The van der Waals surface area contributed by atoms with Crippen molar-refractivity contribution in [3.05, 3.63) is 65.2 Å². The Morgan fingerprint density at radius 2 is 1.21 bits per heavy atom. The first-order chi connectivity index (χ1) is 11.1. The molecule has 0 fully saturated rings. The van der Waals surface area contributed by atoms with Crippen molar-refractivity contribution in [1.29, 1.82) is 0 Å². The summed E-state index contributed by atoms with van der Waals surface area (Å²) in [5.41, 5.74) is 9.64. The number of methoxy groups -OCH3 is 1. The van der Waals surface area contributed by atoms with E-state index in [0.29, 0.717) is 5.56 Å². The zero-order chi connectivity index (χ0) is 18.3. The van der Waals surface area contributed by atoms with Gasteiger partial charge in [0.15, 0.2) is 0 Å². The Bertz CT molecular complexity index is 696. The highest BCUT2D eigenvalue weighted by Gasteiger charge is 2.30. The Hall–Kier alpha value is -3.03. The molecule has 0 spiro atoms. The normalized spacial score (nSPS) is 10.3. The second kappa shape index (κ2) is 8.00. The molecule has 0 radical (unpaired) electrons. The van der Waals surface area contributed by atoms with Crippen molar-refractivity contribution in [2.45, 2.75) is 6.18 Å². The van der Waals surface area contributed by atoms with E-state index < -0.39 is 23.6 Å². The number of amides is 2. The maximum Gasteiger partial charge on any atom is 0.416 e. The van der Waals surface area contributed by atoms with E-state index in [9.17, 15) is 22.8 Å². The number of hydrogen-bond donors (Lipinski definition) is 2. The van der Waals surface area contributed by atoms with Gasteiger partial charge in [0.05, 0.1) is 12.7 Å². The maximum atomic E-state index is 12.0. The van der Waals surface area contributed by atoms with Gasteiger partial charge in [-0.2, -0.15) is 13.2 Å². The molecule has 128 valence electrons. The molecule has 0 bridgehead atoms. The van der Waals surface area contributed by atoms with E-state index in [0.717, 1.165) is 30.0 Å². The van der Waals surface area contributed by atoms with E-state index in [1.54, 1.807) is 31.4 Å². The smallest absolute Gasteiger partial charge is 0.416 e. The van der Waals surface area contributed by atoms with Gasteiger partial charge in [-0.3, -0.25) is 9.59 Å². The summed E-state index contributed by atoms with van der Waals surface area (Å²) in [7, 11) is 1.57. The van der Waals surface area contributed by atoms with E-state index in [1.807, 2.05) is 0 Å². The van der Waals surface area contributed by atoms with Gasteiger partial charge in [0.25, 0.3) is 0 Å². The van der Waals surface area contributed by atoms with Crippen molar-refractivity contribution in [3.8, 4) is 5.75 Å². The molecule has 0 heterocycles. The number of ether oxygens (including phenoxy) is 1. The molecule has 0 unspecified atom stereocenters. The van der Waals surface area contributed by atoms with Gasteiger partial charge in [0.2, 0.25) is 11.8 Å². The Labute approximate surface area is 136 Å². The Morgan fingerprint density at radius 3 is 1.50 bits per heavy atom. The predicted octanol–water partition coefficient (Wildman–Crippen LogP) is 2.60. The van der Waals surface area contributed by atoms with Gasteiger partial charge in [-0.1, -0.05) is 0 Å². The van der Waals surface area contributed by atoms with E-state index in [-0.39, 0.29) is 5.56 Å². The van der Waals surface area contributed by atoms with Gasteiger partial charge >= 0.3 is 6.18 Å². The number of alkyl halides is 3. The number of carbonyl (C=O) groups is 2. The van der Waals surface area contributed by atoms with Gasteiger partial charge in [-0.05, 0) is 48.5 Å². The van der Waals surface area contributed by atoms with Crippen LogP contribution in [0.25, 0.3) is 0 Å². The SMILES string of the molecule is COc1ccc(C(N)=O)cc1.NC(=O)c1ccc(C(F)(F)F)cc1. The highest BCUT2D eigenvalue weighted by molar-refractivity contribution is 5.93. The molecular weight excluding hydrogens is 325 g/mol. The van der Waals surface area contributed by atoms with Crippen LogP contribution < -0.4 is 16.2 Å². The highest BCUT2D eigenvalue weighted by Crippen LogP contribution is 2.28. The summed E-state index contributed by atoms with van der Waals surface area (Å²) in [6.07, 6.45) is -4.38. The largest absolute Gasteiger partial charge is 0.497 e. The molecule has 2 rings (SSSR count). The molecule has 0 aliphatic rings. The summed E-state index contributed by atoms with van der Waals surface area (Å²) in [5, 5.41) is 0. The fourth-order valence-corrected chi connectivity index (χ4v) is 1.58. The Balaban J connectivity index is 0.000000243.